The van der Waals surface area contributed by atoms with Crippen LogP contribution in [0, 0.1) is 5.82 Å². The third-order valence-electron chi connectivity index (χ3n) is 4.27. The summed E-state index contributed by atoms with van der Waals surface area (Å²) in [6.45, 7) is 4.29. The summed E-state index contributed by atoms with van der Waals surface area (Å²) < 4.78 is 18.3. The van der Waals surface area contributed by atoms with Crippen molar-refractivity contribution in [2.45, 2.75) is 32.9 Å². The van der Waals surface area contributed by atoms with Crippen molar-refractivity contribution in [1.29, 1.82) is 0 Å². The molecular formula is C21H25FN2O3. The zero-order valence-corrected chi connectivity index (χ0v) is 15.9. The highest BCUT2D eigenvalue weighted by atomic mass is 19.1. The standard InChI is InChI=1S/C21H25FN2O3/c1-4-23-21(26)15(2)24(14-17-6-5-7-19(12-17)27-3)20(25)13-16-8-10-18(22)11-9-16/h5-12,15H,4,13-14H2,1-3H3,(H,23,26)/t15-/m1/s1. The first kappa shape index (κ1) is 20.4. The van der Waals surface area contributed by atoms with Gasteiger partial charge in [0.05, 0.1) is 13.5 Å². The Morgan fingerprint density at radius 2 is 1.85 bits per heavy atom. The Morgan fingerprint density at radius 1 is 1.15 bits per heavy atom. The van der Waals surface area contributed by atoms with Crippen molar-refractivity contribution in [3.8, 4) is 5.75 Å². The average molecular weight is 372 g/mol. The predicted octanol–water partition coefficient (Wildman–Crippen LogP) is 2.93. The van der Waals surface area contributed by atoms with Gasteiger partial charge in [0.2, 0.25) is 11.8 Å². The zero-order valence-electron chi connectivity index (χ0n) is 15.9. The Morgan fingerprint density at radius 3 is 2.48 bits per heavy atom. The van der Waals surface area contributed by atoms with Crippen LogP contribution >= 0.6 is 0 Å². The molecule has 2 rings (SSSR count). The van der Waals surface area contributed by atoms with E-state index in [2.05, 4.69) is 5.32 Å². The number of ether oxygens (including phenoxy) is 1. The maximum absolute atomic E-state index is 13.1. The second-order valence-electron chi connectivity index (χ2n) is 6.25. The van der Waals surface area contributed by atoms with E-state index >= 15 is 0 Å². The van der Waals surface area contributed by atoms with Gasteiger partial charge in [0.1, 0.15) is 17.6 Å². The van der Waals surface area contributed by atoms with Crippen LogP contribution in [0.2, 0.25) is 0 Å². The van der Waals surface area contributed by atoms with Crippen molar-refractivity contribution in [2.75, 3.05) is 13.7 Å². The fourth-order valence-corrected chi connectivity index (χ4v) is 2.75. The lowest BCUT2D eigenvalue weighted by Gasteiger charge is -2.29. The van der Waals surface area contributed by atoms with Gasteiger partial charge in [0.25, 0.3) is 0 Å². The number of carbonyl (C=O) groups excluding carboxylic acids is 2. The van der Waals surface area contributed by atoms with Gasteiger partial charge in [-0.05, 0) is 49.2 Å². The van der Waals surface area contributed by atoms with Crippen molar-refractivity contribution >= 4 is 11.8 Å². The second-order valence-corrected chi connectivity index (χ2v) is 6.25. The second kappa shape index (κ2) is 9.71. The number of nitrogens with one attached hydrogen (secondary N) is 1. The molecule has 1 atom stereocenters. The molecule has 0 heterocycles. The molecule has 2 aromatic rings. The van der Waals surface area contributed by atoms with Gasteiger partial charge in [-0.15, -0.1) is 0 Å². The largest absolute Gasteiger partial charge is 0.497 e. The highest BCUT2D eigenvalue weighted by molar-refractivity contribution is 5.88. The minimum absolute atomic E-state index is 0.0913. The fraction of sp³-hybridized carbons (Fsp3) is 0.333. The first-order chi connectivity index (χ1) is 12.9. The number of rotatable bonds is 8. The Hall–Kier alpha value is -2.89. The molecule has 0 unspecified atom stereocenters. The molecule has 2 amide bonds. The van der Waals surface area contributed by atoms with Gasteiger partial charge in [-0.25, -0.2) is 4.39 Å². The molecule has 0 spiro atoms. The van der Waals surface area contributed by atoms with Crippen LogP contribution in [0.5, 0.6) is 5.75 Å². The van der Waals surface area contributed by atoms with Crippen molar-refractivity contribution in [1.82, 2.24) is 10.2 Å². The summed E-state index contributed by atoms with van der Waals surface area (Å²) in [6.07, 6.45) is 0.0913. The maximum Gasteiger partial charge on any atom is 0.242 e. The van der Waals surface area contributed by atoms with Crippen LogP contribution in [0.3, 0.4) is 0 Å². The predicted molar refractivity (Wildman–Crippen MR) is 102 cm³/mol. The molecule has 0 aromatic heterocycles. The SMILES string of the molecule is CCNC(=O)[C@@H](C)N(Cc1cccc(OC)c1)C(=O)Cc1ccc(F)cc1. The molecule has 0 aliphatic heterocycles. The van der Waals surface area contributed by atoms with Crippen LogP contribution in [-0.2, 0) is 22.6 Å². The van der Waals surface area contributed by atoms with Crippen molar-refractivity contribution in [3.63, 3.8) is 0 Å². The molecule has 0 bridgehead atoms. The highest BCUT2D eigenvalue weighted by Crippen LogP contribution is 2.17. The number of benzene rings is 2. The number of likely N-dealkylation sites (N-methyl/N-ethyl adjacent to an activating group) is 1. The normalized spacial score (nSPS) is 11.6. The molecule has 0 fully saturated rings. The lowest BCUT2D eigenvalue weighted by Crippen LogP contribution is -2.48. The van der Waals surface area contributed by atoms with Gasteiger partial charge >= 0.3 is 0 Å². The molecule has 0 saturated heterocycles. The van der Waals surface area contributed by atoms with Crippen LogP contribution in [0.15, 0.2) is 48.5 Å². The minimum atomic E-state index is -0.635. The zero-order chi connectivity index (χ0) is 19.8. The molecule has 1 N–H and O–H groups in total. The molecule has 6 heteroatoms. The molecule has 0 radical (unpaired) electrons. The number of amides is 2. The molecule has 0 aliphatic carbocycles. The van der Waals surface area contributed by atoms with Gasteiger partial charge in [-0.2, -0.15) is 0 Å². The van der Waals surface area contributed by atoms with Crippen LogP contribution < -0.4 is 10.1 Å². The van der Waals surface area contributed by atoms with E-state index in [9.17, 15) is 14.0 Å². The van der Waals surface area contributed by atoms with E-state index in [-0.39, 0.29) is 30.6 Å². The quantitative estimate of drug-likeness (QED) is 0.775. The summed E-state index contributed by atoms with van der Waals surface area (Å²) in [5, 5.41) is 2.75. The van der Waals surface area contributed by atoms with E-state index in [0.29, 0.717) is 17.9 Å². The first-order valence-electron chi connectivity index (χ1n) is 8.89. The monoisotopic (exact) mass is 372 g/mol. The van der Waals surface area contributed by atoms with E-state index < -0.39 is 6.04 Å². The average Bonchev–Trinajstić information content (AvgIpc) is 2.67. The molecule has 5 nitrogen and oxygen atoms in total. The smallest absolute Gasteiger partial charge is 0.242 e. The molecular weight excluding hydrogens is 347 g/mol. The fourth-order valence-electron chi connectivity index (χ4n) is 2.75. The summed E-state index contributed by atoms with van der Waals surface area (Å²) in [5.74, 6) is -0.0877. The van der Waals surface area contributed by atoms with Crippen molar-refractivity contribution < 1.29 is 18.7 Å². The number of methoxy groups -OCH3 is 1. The van der Waals surface area contributed by atoms with Gasteiger partial charge in [-0.1, -0.05) is 24.3 Å². The Labute approximate surface area is 159 Å². The highest BCUT2D eigenvalue weighted by Gasteiger charge is 2.26. The molecule has 0 aliphatic rings. The van der Waals surface area contributed by atoms with Gasteiger partial charge in [0.15, 0.2) is 0 Å². The van der Waals surface area contributed by atoms with Crippen LogP contribution in [0.25, 0.3) is 0 Å². The summed E-state index contributed by atoms with van der Waals surface area (Å²) in [4.78, 5) is 26.8. The van der Waals surface area contributed by atoms with Crippen molar-refractivity contribution in [2.24, 2.45) is 0 Å². The first-order valence-corrected chi connectivity index (χ1v) is 8.89. The topological polar surface area (TPSA) is 58.6 Å². The van der Waals surface area contributed by atoms with E-state index in [1.807, 2.05) is 31.2 Å². The number of nitrogens with zero attached hydrogens (tertiary/aromatic N) is 1. The number of hydrogen-bond acceptors (Lipinski definition) is 3. The molecule has 2 aromatic carbocycles. The van der Waals surface area contributed by atoms with E-state index in [0.717, 1.165) is 5.56 Å². The van der Waals surface area contributed by atoms with E-state index in [1.165, 1.54) is 17.0 Å². The minimum Gasteiger partial charge on any atom is -0.497 e. The van der Waals surface area contributed by atoms with Crippen LogP contribution in [-0.4, -0.2) is 36.4 Å². The third-order valence-corrected chi connectivity index (χ3v) is 4.27. The lowest BCUT2D eigenvalue weighted by molar-refractivity contribution is -0.140. The van der Waals surface area contributed by atoms with Crippen LogP contribution in [0.4, 0.5) is 4.39 Å². The number of carbonyl (C=O) groups is 2. The van der Waals surface area contributed by atoms with Gasteiger partial charge < -0.3 is 15.0 Å². The Kier molecular flexibility index (Phi) is 7.34. The van der Waals surface area contributed by atoms with E-state index in [4.69, 9.17) is 4.74 Å². The summed E-state index contributed by atoms with van der Waals surface area (Å²) in [6, 6.07) is 12.5. The molecule has 144 valence electrons. The maximum atomic E-state index is 13.1. The lowest BCUT2D eigenvalue weighted by atomic mass is 10.1. The third kappa shape index (κ3) is 5.81. The summed E-state index contributed by atoms with van der Waals surface area (Å²) in [5.41, 5.74) is 1.55. The van der Waals surface area contributed by atoms with Crippen LogP contribution in [0.1, 0.15) is 25.0 Å². The molecule has 0 saturated carbocycles. The molecule has 27 heavy (non-hydrogen) atoms. The van der Waals surface area contributed by atoms with Gasteiger partial charge in [-0.3, -0.25) is 9.59 Å². The Bertz CT molecular complexity index is 777. The summed E-state index contributed by atoms with van der Waals surface area (Å²) in [7, 11) is 1.58. The van der Waals surface area contributed by atoms with E-state index in [1.54, 1.807) is 26.2 Å². The Balaban J connectivity index is 2.23. The number of hydrogen-bond donors (Lipinski definition) is 1. The van der Waals surface area contributed by atoms with Gasteiger partial charge in [0, 0.05) is 13.1 Å². The van der Waals surface area contributed by atoms with Crippen molar-refractivity contribution in [3.05, 3.63) is 65.5 Å². The number of halogens is 1. The summed E-state index contributed by atoms with van der Waals surface area (Å²) >= 11 is 0.